The molecule has 0 aromatic heterocycles. The highest BCUT2D eigenvalue weighted by Gasteiger charge is 2.50. The van der Waals surface area contributed by atoms with Crippen LogP contribution >= 0.6 is 11.8 Å². The van der Waals surface area contributed by atoms with Crippen molar-refractivity contribution in [2.75, 3.05) is 118 Å². The molecule has 0 spiro atoms. The fraction of sp³-hybridized carbons (Fsp3) is 0.925. The molecule has 13 atom stereocenters. The van der Waals surface area contributed by atoms with Crippen LogP contribution in [0.25, 0.3) is 0 Å². The summed E-state index contributed by atoms with van der Waals surface area (Å²) in [5, 5.41) is 62.4. The fourth-order valence-corrected chi connectivity index (χ4v) is 8.91. The summed E-state index contributed by atoms with van der Waals surface area (Å²) in [4.78, 5) is 35.7. The molecule has 65 heavy (non-hydrogen) atoms. The Bertz CT molecular complexity index is 1340. The third-order valence-electron chi connectivity index (χ3n) is 11.0. The molecule has 25 heteroatoms. The predicted molar refractivity (Wildman–Crippen MR) is 230 cm³/mol. The molecule has 0 radical (unpaired) electrons. The van der Waals surface area contributed by atoms with E-state index in [0.717, 1.165) is 25.0 Å². The molecule has 0 aliphatic carbocycles. The van der Waals surface area contributed by atoms with E-state index in [9.17, 15) is 39.9 Å². The van der Waals surface area contributed by atoms with E-state index in [1.807, 2.05) is 11.8 Å². The summed E-state index contributed by atoms with van der Waals surface area (Å²) in [5.74, 6) is 0.751. The van der Waals surface area contributed by atoms with Gasteiger partial charge in [-0.15, -0.1) is 0 Å². The number of aliphatic hydroxyl groups is 5. The molecule has 0 aromatic carbocycles. The Morgan fingerprint density at radius 3 is 1.83 bits per heavy atom. The van der Waals surface area contributed by atoms with E-state index in [2.05, 4.69) is 21.3 Å². The molecular formula is C40H74N6O18S. The summed E-state index contributed by atoms with van der Waals surface area (Å²) in [5.41, 5.74) is 12.1. The minimum Gasteiger partial charge on any atom is -0.394 e. The van der Waals surface area contributed by atoms with Crippen molar-refractivity contribution in [1.82, 2.24) is 21.3 Å². The Labute approximate surface area is 384 Å². The number of amides is 4. The van der Waals surface area contributed by atoms with Gasteiger partial charge >= 0.3 is 6.03 Å². The lowest BCUT2D eigenvalue weighted by Gasteiger charge is -2.46. The minimum atomic E-state index is -1.48. The highest BCUT2D eigenvalue weighted by Crippen LogP contribution is 2.33. The van der Waals surface area contributed by atoms with Gasteiger partial charge in [0.15, 0.2) is 12.6 Å². The number of thioether (sulfide) groups is 1. The summed E-state index contributed by atoms with van der Waals surface area (Å²) < 4.78 is 55.5. The average Bonchev–Trinajstić information content (AvgIpc) is 3.86. The Kier molecular flexibility index (Phi) is 27.2. The number of hydrogen-bond donors (Lipinski definition) is 11. The van der Waals surface area contributed by atoms with Gasteiger partial charge in [0.1, 0.15) is 36.6 Å². The van der Waals surface area contributed by atoms with Gasteiger partial charge in [0.2, 0.25) is 11.8 Å². The third-order valence-corrected chi connectivity index (χ3v) is 12.5. The molecule has 4 rings (SSSR count). The van der Waals surface area contributed by atoms with Crippen LogP contribution < -0.4 is 32.7 Å². The second-order valence-electron chi connectivity index (χ2n) is 15.9. The van der Waals surface area contributed by atoms with Gasteiger partial charge < -0.3 is 106 Å². The lowest BCUT2D eigenvalue weighted by Crippen LogP contribution is -2.67. The molecule has 0 unspecified atom stereocenters. The average molecular weight is 959 g/mol. The molecule has 0 aromatic rings. The van der Waals surface area contributed by atoms with Crippen molar-refractivity contribution in [3.8, 4) is 0 Å². The highest BCUT2D eigenvalue weighted by atomic mass is 32.2. The summed E-state index contributed by atoms with van der Waals surface area (Å²) in [7, 11) is 0. The van der Waals surface area contributed by atoms with Crippen LogP contribution in [-0.4, -0.2) is 240 Å². The molecule has 4 saturated heterocycles. The Balaban J connectivity index is 0.844. The number of carbonyl (C=O) groups excluding carboxylic acids is 3. The largest absolute Gasteiger partial charge is 0.394 e. The molecule has 4 heterocycles. The van der Waals surface area contributed by atoms with Gasteiger partial charge in [0.25, 0.3) is 0 Å². The molecule has 4 aliphatic rings. The monoisotopic (exact) mass is 958 g/mol. The number of aliphatic hydroxyl groups excluding tert-OH is 5. The van der Waals surface area contributed by atoms with E-state index in [-0.39, 0.29) is 49.6 Å². The number of urea groups is 1. The van der Waals surface area contributed by atoms with Gasteiger partial charge in [0, 0.05) is 36.9 Å². The topological polar surface area (TPSA) is 345 Å². The molecular weight excluding hydrogens is 885 g/mol. The smallest absolute Gasteiger partial charge is 0.315 e. The molecule has 24 nitrogen and oxygen atoms in total. The first-order valence-electron chi connectivity index (χ1n) is 22.6. The lowest BCUT2D eigenvalue weighted by atomic mass is 9.95. The van der Waals surface area contributed by atoms with Crippen molar-refractivity contribution in [1.29, 1.82) is 0 Å². The van der Waals surface area contributed by atoms with Crippen LogP contribution in [0.4, 0.5) is 4.79 Å². The maximum Gasteiger partial charge on any atom is 0.315 e. The number of unbranched alkanes of at least 4 members (excludes halogenated alkanes) is 1. The maximum atomic E-state index is 12.2. The second-order valence-corrected chi connectivity index (χ2v) is 17.2. The predicted octanol–water partition coefficient (Wildman–Crippen LogP) is -4.60. The quantitative estimate of drug-likeness (QED) is 0.0210. The van der Waals surface area contributed by atoms with Crippen LogP contribution in [0.1, 0.15) is 38.5 Å². The zero-order chi connectivity index (χ0) is 46.8. The molecule has 378 valence electrons. The number of fused-ring (bicyclic) bond motifs is 1. The van der Waals surface area contributed by atoms with Crippen molar-refractivity contribution in [2.24, 2.45) is 11.5 Å². The van der Waals surface area contributed by atoms with E-state index in [0.29, 0.717) is 104 Å². The number of nitrogens with two attached hydrogens (primary N) is 2. The number of ether oxygens (including phenoxy) is 10. The van der Waals surface area contributed by atoms with Crippen LogP contribution in [0, 0.1) is 0 Å². The molecule has 0 bridgehead atoms. The third kappa shape index (κ3) is 19.8. The first-order valence-corrected chi connectivity index (χ1v) is 23.6. The van der Waals surface area contributed by atoms with Gasteiger partial charge in [0.05, 0.1) is 123 Å². The summed E-state index contributed by atoms with van der Waals surface area (Å²) in [6, 6.07) is -1.98. The van der Waals surface area contributed by atoms with Crippen LogP contribution in [0.3, 0.4) is 0 Å². The van der Waals surface area contributed by atoms with E-state index < -0.39 is 74.5 Å². The zero-order valence-corrected chi connectivity index (χ0v) is 37.9. The summed E-state index contributed by atoms with van der Waals surface area (Å²) >= 11 is 1.89. The number of nitrogens with one attached hydrogen (secondary N) is 4. The Hall–Kier alpha value is -2.12. The van der Waals surface area contributed by atoms with E-state index >= 15 is 0 Å². The normalized spacial score (nSPS) is 31.1. The minimum absolute atomic E-state index is 0.0189. The maximum absolute atomic E-state index is 12.2. The number of rotatable bonds is 35. The summed E-state index contributed by atoms with van der Waals surface area (Å²) in [6.45, 7) is 4.29. The van der Waals surface area contributed by atoms with Crippen LogP contribution in [0.15, 0.2) is 0 Å². The first-order chi connectivity index (χ1) is 31.5. The van der Waals surface area contributed by atoms with Crippen molar-refractivity contribution >= 4 is 29.6 Å². The van der Waals surface area contributed by atoms with Crippen molar-refractivity contribution in [3.63, 3.8) is 0 Å². The van der Waals surface area contributed by atoms with Crippen molar-refractivity contribution in [2.45, 2.75) is 117 Å². The Morgan fingerprint density at radius 2 is 1.20 bits per heavy atom. The second kappa shape index (κ2) is 31.8. The SMILES string of the molecule is N[C@H]1[C@@H](O[C@@H]2[C@H](O)[C@@H](N)[C@@H](OCCCNC(=O)CCOCCOCCOCCOCCOCCOCCNC(=O)CCCC[C@@H]3SC[C@@H]4NC(=O)N[C@@H]43)O[C@@H]2CO)O[C@H](CO)[C@H](O)[C@@H]1O. The van der Waals surface area contributed by atoms with Crippen molar-refractivity contribution in [3.05, 3.63) is 0 Å². The molecule has 13 N–H and O–H groups in total. The first kappa shape index (κ1) is 55.5. The van der Waals surface area contributed by atoms with Gasteiger partial charge in [-0.3, -0.25) is 9.59 Å². The standard InChI is InChI=1S/C40H74N6O18S/c41-31-35(52)34(51)26(22-47)62-39(31)64-37-27(23-48)63-38(32(42)36(37)53)61-9-3-7-43-30(50)6-10-55-12-14-57-16-18-59-20-21-60-19-17-58-15-13-56-11-8-44-29(49)5-2-1-4-28-33-25(24-65-28)45-40(54)46-33/h25-28,31-39,47-48,51-53H,1-24,41-42H2,(H,43,50)(H,44,49)(H2,45,46,54)/t25-,26+,27+,28-,31+,32+,33-,34-,35+,36+,37-,38-,39+/m0/s1. The van der Waals surface area contributed by atoms with Crippen LogP contribution in [-0.2, 0) is 57.0 Å². The Morgan fingerprint density at radius 1 is 0.646 bits per heavy atom. The number of carbonyl (C=O) groups is 3. The van der Waals surface area contributed by atoms with E-state index in [4.69, 9.17) is 58.8 Å². The molecule has 0 saturated carbocycles. The van der Waals surface area contributed by atoms with E-state index in [1.165, 1.54) is 0 Å². The van der Waals surface area contributed by atoms with Gasteiger partial charge in [-0.2, -0.15) is 11.8 Å². The van der Waals surface area contributed by atoms with Gasteiger partial charge in [-0.05, 0) is 19.3 Å². The van der Waals surface area contributed by atoms with Crippen LogP contribution in [0.5, 0.6) is 0 Å². The number of hydrogen-bond acceptors (Lipinski definition) is 21. The van der Waals surface area contributed by atoms with E-state index in [1.54, 1.807) is 0 Å². The van der Waals surface area contributed by atoms with Gasteiger partial charge in [-0.25, -0.2) is 4.79 Å². The molecule has 4 aliphatic heterocycles. The summed E-state index contributed by atoms with van der Waals surface area (Å²) in [6.07, 6.45) is -6.51. The van der Waals surface area contributed by atoms with Gasteiger partial charge in [-0.1, -0.05) is 6.42 Å². The lowest BCUT2D eigenvalue weighted by molar-refractivity contribution is -0.328. The molecule has 4 fully saturated rings. The molecule has 4 amide bonds. The van der Waals surface area contributed by atoms with Crippen LogP contribution in [0.2, 0.25) is 0 Å². The zero-order valence-electron chi connectivity index (χ0n) is 37.1. The van der Waals surface area contributed by atoms with Crippen molar-refractivity contribution < 1.29 is 87.3 Å². The highest BCUT2D eigenvalue weighted by molar-refractivity contribution is 8.00. The fourth-order valence-electron chi connectivity index (χ4n) is 7.37.